The molecule has 1 heterocycles. The highest BCUT2D eigenvalue weighted by molar-refractivity contribution is 8.00. The van der Waals surface area contributed by atoms with Crippen LogP contribution in [0.15, 0.2) is 0 Å². The first-order valence-corrected chi connectivity index (χ1v) is 13.7. The summed E-state index contributed by atoms with van der Waals surface area (Å²) in [4.78, 5) is 71.0. The van der Waals surface area contributed by atoms with Crippen molar-refractivity contribution in [3.8, 4) is 0 Å². The van der Waals surface area contributed by atoms with E-state index in [0.29, 0.717) is 0 Å². The second-order valence-electron chi connectivity index (χ2n) is 7.98. The van der Waals surface area contributed by atoms with E-state index in [2.05, 4.69) is 5.32 Å². The maximum Gasteiger partial charge on any atom is 0.350 e. The first-order chi connectivity index (χ1) is 17.3. The van der Waals surface area contributed by atoms with Crippen LogP contribution >= 0.6 is 23.5 Å². The lowest BCUT2D eigenvalue weighted by atomic mass is 9.89. The lowest BCUT2D eigenvalue weighted by Gasteiger charge is -2.48. The summed E-state index contributed by atoms with van der Waals surface area (Å²) in [6, 6.07) is -1.17. The van der Waals surface area contributed by atoms with E-state index in [1.165, 1.54) is 18.7 Å². The first kappa shape index (κ1) is 32.5. The topological polar surface area (TPSA) is 170 Å². The average Bonchev–Trinajstić information content (AvgIpc) is 2.78. The van der Waals surface area contributed by atoms with Crippen LogP contribution in [0.3, 0.4) is 0 Å². The molecule has 0 spiro atoms. The van der Waals surface area contributed by atoms with Gasteiger partial charge in [0.25, 0.3) is 0 Å². The highest BCUT2D eigenvalue weighted by Gasteiger charge is 2.58. The molecular formula is C22H33NO12S2. The third-order valence-electron chi connectivity index (χ3n) is 4.95. The Labute approximate surface area is 223 Å². The maximum atomic E-state index is 13.2. The van der Waals surface area contributed by atoms with Crippen LogP contribution in [0.1, 0.15) is 41.0 Å². The Morgan fingerprint density at radius 1 is 0.919 bits per heavy atom. The second-order valence-corrected chi connectivity index (χ2v) is 9.86. The van der Waals surface area contributed by atoms with Gasteiger partial charge in [-0.25, -0.2) is 4.79 Å². The Hall–Kier alpha value is -2.52. The van der Waals surface area contributed by atoms with Gasteiger partial charge in [0.1, 0.15) is 24.8 Å². The quantitative estimate of drug-likeness (QED) is 0.197. The summed E-state index contributed by atoms with van der Waals surface area (Å²) in [5.74, 6) is -4.41. The van der Waals surface area contributed by atoms with Gasteiger partial charge >= 0.3 is 29.8 Å². The number of rotatable bonds is 12. The maximum absolute atomic E-state index is 13.2. The van der Waals surface area contributed by atoms with Gasteiger partial charge in [0.2, 0.25) is 10.8 Å². The summed E-state index contributed by atoms with van der Waals surface area (Å²) in [6.45, 7) is 5.10. The van der Waals surface area contributed by atoms with Gasteiger partial charge in [-0.15, -0.1) is 23.5 Å². The molecule has 1 amide bonds. The Morgan fingerprint density at radius 3 is 2.00 bits per heavy atom. The van der Waals surface area contributed by atoms with Gasteiger partial charge in [0.05, 0.1) is 6.04 Å². The lowest BCUT2D eigenvalue weighted by Crippen LogP contribution is -2.68. The second kappa shape index (κ2) is 15.0. The predicted molar refractivity (Wildman–Crippen MR) is 131 cm³/mol. The smallest absolute Gasteiger partial charge is 0.350 e. The molecule has 0 aliphatic carbocycles. The number of hydrogen-bond donors (Lipinski definition) is 1. The van der Waals surface area contributed by atoms with Crippen molar-refractivity contribution in [3.05, 3.63) is 0 Å². The van der Waals surface area contributed by atoms with Gasteiger partial charge < -0.3 is 33.7 Å². The summed E-state index contributed by atoms with van der Waals surface area (Å²) >= 11 is 2.18. The molecule has 15 heteroatoms. The summed E-state index contributed by atoms with van der Waals surface area (Å²) in [5, 5.41) is 2.61. The van der Waals surface area contributed by atoms with E-state index in [1.807, 2.05) is 0 Å². The van der Waals surface area contributed by atoms with E-state index in [1.54, 1.807) is 12.5 Å². The number of thioether (sulfide) groups is 2. The molecule has 210 valence electrons. The molecule has 0 aromatic heterocycles. The van der Waals surface area contributed by atoms with Crippen molar-refractivity contribution in [2.75, 3.05) is 25.1 Å². The molecule has 1 fully saturated rings. The van der Waals surface area contributed by atoms with Gasteiger partial charge in [0.15, 0.2) is 12.2 Å². The molecule has 1 aliphatic rings. The van der Waals surface area contributed by atoms with Gasteiger partial charge in [-0.2, -0.15) is 0 Å². The van der Waals surface area contributed by atoms with Crippen LogP contribution in [-0.4, -0.2) is 96.2 Å². The van der Waals surface area contributed by atoms with E-state index >= 15 is 0 Å². The van der Waals surface area contributed by atoms with Gasteiger partial charge in [-0.05, 0) is 12.5 Å². The zero-order chi connectivity index (χ0) is 28.3. The molecule has 0 aromatic rings. The van der Waals surface area contributed by atoms with Crippen LogP contribution in [-0.2, 0) is 57.2 Å². The van der Waals surface area contributed by atoms with Crippen molar-refractivity contribution >= 4 is 59.3 Å². The van der Waals surface area contributed by atoms with Crippen LogP contribution in [0.4, 0.5) is 0 Å². The first-order valence-electron chi connectivity index (χ1n) is 11.1. The van der Waals surface area contributed by atoms with Gasteiger partial charge in [-0.1, -0.05) is 0 Å². The fourth-order valence-corrected chi connectivity index (χ4v) is 4.67. The van der Waals surface area contributed by atoms with Crippen molar-refractivity contribution in [2.24, 2.45) is 0 Å². The third-order valence-corrected chi connectivity index (χ3v) is 6.39. The van der Waals surface area contributed by atoms with Crippen molar-refractivity contribution in [3.63, 3.8) is 0 Å². The highest BCUT2D eigenvalue weighted by Crippen LogP contribution is 2.42. The number of amides is 1. The molecule has 1 aliphatic heterocycles. The summed E-state index contributed by atoms with van der Waals surface area (Å²) in [7, 11) is 0. The predicted octanol–water partition coefficient (Wildman–Crippen LogP) is 0.561. The number of ether oxygens (including phenoxy) is 6. The number of esters is 5. The fourth-order valence-electron chi connectivity index (χ4n) is 3.68. The number of hydrogen-bond acceptors (Lipinski definition) is 14. The summed E-state index contributed by atoms with van der Waals surface area (Å²) in [5.41, 5.74) is 0. The number of nitrogens with one attached hydrogen (secondary N) is 1. The summed E-state index contributed by atoms with van der Waals surface area (Å²) in [6.07, 6.45) is -2.46. The van der Waals surface area contributed by atoms with Gasteiger partial charge in [-0.3, -0.25) is 24.0 Å². The number of carbonyl (C=O) groups is 6. The van der Waals surface area contributed by atoms with E-state index in [4.69, 9.17) is 28.4 Å². The van der Waals surface area contributed by atoms with Crippen molar-refractivity contribution in [1.82, 2.24) is 5.32 Å². The Balaban J connectivity index is 3.73. The van der Waals surface area contributed by atoms with Gasteiger partial charge in [0, 0.05) is 41.0 Å². The minimum atomic E-state index is -1.77. The molecule has 1 saturated heterocycles. The highest BCUT2D eigenvalue weighted by atomic mass is 32.2. The normalized spacial score (nSPS) is 24.6. The van der Waals surface area contributed by atoms with E-state index in [-0.39, 0.29) is 12.4 Å². The monoisotopic (exact) mass is 567 g/mol. The van der Waals surface area contributed by atoms with E-state index < -0.39 is 77.8 Å². The van der Waals surface area contributed by atoms with Crippen LogP contribution in [0.25, 0.3) is 0 Å². The van der Waals surface area contributed by atoms with Crippen LogP contribution in [0.5, 0.6) is 0 Å². The molecule has 6 atom stereocenters. The molecule has 0 unspecified atom stereocenters. The Morgan fingerprint density at radius 2 is 1.54 bits per heavy atom. The third kappa shape index (κ3) is 10.0. The molecule has 0 radical (unpaired) electrons. The lowest BCUT2D eigenvalue weighted by molar-refractivity contribution is -0.224. The molecule has 37 heavy (non-hydrogen) atoms. The average molecular weight is 568 g/mol. The van der Waals surface area contributed by atoms with Crippen molar-refractivity contribution < 1.29 is 57.2 Å². The Kier molecular flexibility index (Phi) is 13.2. The SMILES string of the molecule is CSCOC(=O)[C@@]1(SC)C[C@H](OC(C)=O)[C@@H](NC(C)=O)[C@H]([C@H](OC(C)=O)[C@@H](COC(C)=O)OC(C)=O)O1. The van der Waals surface area contributed by atoms with Crippen LogP contribution in [0, 0.1) is 0 Å². The minimum Gasteiger partial charge on any atom is -0.462 e. The van der Waals surface area contributed by atoms with Crippen molar-refractivity contribution in [1.29, 1.82) is 0 Å². The zero-order valence-corrected chi connectivity index (χ0v) is 23.4. The molecule has 1 rings (SSSR count). The minimum absolute atomic E-state index is 0.00156. The fraction of sp³-hybridized carbons (Fsp3) is 0.727. The molecular weight excluding hydrogens is 534 g/mol. The molecule has 0 saturated carbocycles. The van der Waals surface area contributed by atoms with Crippen LogP contribution in [0.2, 0.25) is 0 Å². The van der Waals surface area contributed by atoms with Crippen LogP contribution < -0.4 is 5.32 Å². The largest absolute Gasteiger partial charge is 0.462 e. The molecule has 0 bridgehead atoms. The zero-order valence-electron chi connectivity index (χ0n) is 21.7. The van der Waals surface area contributed by atoms with E-state index in [0.717, 1.165) is 39.5 Å². The molecule has 1 N–H and O–H groups in total. The standard InChI is InChI=1S/C22H33NO12S2/c1-11(24)23-18-16(32-13(3)26)8-22(37-7,21(29)31-10-36-6)35-20(18)19(34-15(5)28)17(33-14(4)27)9-30-12(2)25/h16-20H,8-10H2,1-7H3,(H,23,24)/t16-,17+,18+,19+,20+,22-/m0/s1. The molecule has 13 nitrogen and oxygen atoms in total. The Bertz CT molecular complexity index is 869. The number of carbonyl (C=O) groups excluding carboxylic acids is 6. The molecule has 0 aromatic carbocycles. The van der Waals surface area contributed by atoms with E-state index in [9.17, 15) is 28.8 Å². The van der Waals surface area contributed by atoms with Crippen molar-refractivity contribution in [2.45, 2.75) is 76.4 Å². The summed E-state index contributed by atoms with van der Waals surface area (Å²) < 4.78 is 32.7.